The van der Waals surface area contributed by atoms with Gasteiger partial charge in [0.2, 0.25) is 0 Å². The lowest BCUT2D eigenvalue weighted by atomic mass is 10.1. The van der Waals surface area contributed by atoms with E-state index in [9.17, 15) is 0 Å². The summed E-state index contributed by atoms with van der Waals surface area (Å²) in [4.78, 5) is 6.73. The van der Waals surface area contributed by atoms with Crippen LogP contribution < -0.4 is 4.90 Å². The average Bonchev–Trinajstić information content (AvgIpc) is 2.61. The highest BCUT2D eigenvalue weighted by atomic mass is 32.1. The SMILES string of the molecule is Cc1ccc(CN(C)c2sc(C)nc2C)cc1. The first kappa shape index (κ1) is 12.1. The molecule has 0 radical (unpaired) electrons. The number of hydrogen-bond donors (Lipinski definition) is 0. The molecule has 0 aliphatic carbocycles. The van der Waals surface area contributed by atoms with Crippen molar-refractivity contribution < 1.29 is 0 Å². The molecule has 2 aromatic rings. The van der Waals surface area contributed by atoms with Gasteiger partial charge in [-0.15, -0.1) is 11.3 Å². The Labute approximate surface area is 107 Å². The van der Waals surface area contributed by atoms with E-state index in [1.165, 1.54) is 16.1 Å². The van der Waals surface area contributed by atoms with Crippen LogP contribution in [-0.2, 0) is 6.54 Å². The van der Waals surface area contributed by atoms with E-state index in [4.69, 9.17) is 0 Å². The quantitative estimate of drug-likeness (QED) is 0.821. The molecule has 0 bridgehead atoms. The Bertz CT molecular complexity index is 499. The number of aryl methyl sites for hydroxylation is 3. The van der Waals surface area contributed by atoms with Gasteiger partial charge in [0.15, 0.2) is 0 Å². The number of aromatic nitrogens is 1. The molecule has 2 nitrogen and oxygen atoms in total. The Morgan fingerprint density at radius 1 is 1.12 bits per heavy atom. The Morgan fingerprint density at radius 3 is 2.29 bits per heavy atom. The molecule has 1 heterocycles. The first-order chi connectivity index (χ1) is 8.06. The summed E-state index contributed by atoms with van der Waals surface area (Å²) in [5.74, 6) is 0. The number of benzene rings is 1. The Balaban J connectivity index is 2.14. The second-order valence-electron chi connectivity index (χ2n) is 4.47. The second-order valence-corrected chi connectivity index (χ2v) is 5.65. The van der Waals surface area contributed by atoms with E-state index < -0.39 is 0 Å². The van der Waals surface area contributed by atoms with Crippen LogP contribution in [0.3, 0.4) is 0 Å². The first-order valence-electron chi connectivity index (χ1n) is 5.77. The summed E-state index contributed by atoms with van der Waals surface area (Å²) in [5, 5.41) is 2.40. The van der Waals surface area contributed by atoms with Crippen molar-refractivity contribution in [2.75, 3.05) is 11.9 Å². The molecule has 3 heteroatoms. The number of rotatable bonds is 3. The Kier molecular flexibility index (Phi) is 3.48. The summed E-state index contributed by atoms with van der Waals surface area (Å²) in [7, 11) is 2.12. The fourth-order valence-electron chi connectivity index (χ4n) is 1.91. The zero-order valence-electron chi connectivity index (χ0n) is 10.8. The third kappa shape index (κ3) is 2.86. The molecule has 17 heavy (non-hydrogen) atoms. The monoisotopic (exact) mass is 246 g/mol. The molecule has 0 amide bonds. The van der Waals surface area contributed by atoms with Crippen molar-refractivity contribution in [3.05, 3.63) is 46.1 Å². The molecule has 0 saturated heterocycles. The summed E-state index contributed by atoms with van der Waals surface area (Å²) < 4.78 is 0. The van der Waals surface area contributed by atoms with Crippen LogP contribution in [0.5, 0.6) is 0 Å². The maximum atomic E-state index is 4.46. The van der Waals surface area contributed by atoms with Gasteiger partial charge in [-0.3, -0.25) is 0 Å². The molecule has 1 aromatic heterocycles. The third-order valence-electron chi connectivity index (χ3n) is 2.77. The van der Waals surface area contributed by atoms with Gasteiger partial charge in [-0.05, 0) is 26.3 Å². The van der Waals surface area contributed by atoms with Crippen LogP contribution in [0.4, 0.5) is 5.00 Å². The predicted octanol–water partition coefficient (Wildman–Crippen LogP) is 3.70. The van der Waals surface area contributed by atoms with Gasteiger partial charge in [0.05, 0.1) is 10.7 Å². The molecule has 0 unspecified atom stereocenters. The van der Waals surface area contributed by atoms with Crippen LogP contribution in [0.25, 0.3) is 0 Å². The van der Waals surface area contributed by atoms with Crippen molar-refractivity contribution in [2.24, 2.45) is 0 Å². The maximum absolute atomic E-state index is 4.46. The van der Waals surface area contributed by atoms with E-state index in [0.29, 0.717) is 0 Å². The Hall–Kier alpha value is -1.35. The van der Waals surface area contributed by atoms with Gasteiger partial charge in [0.25, 0.3) is 0 Å². The van der Waals surface area contributed by atoms with Gasteiger partial charge in [-0.1, -0.05) is 29.8 Å². The zero-order valence-corrected chi connectivity index (χ0v) is 11.6. The molecule has 0 spiro atoms. The number of hydrogen-bond acceptors (Lipinski definition) is 3. The third-order valence-corrected chi connectivity index (χ3v) is 3.95. The van der Waals surface area contributed by atoms with Crippen LogP contribution in [0.2, 0.25) is 0 Å². The van der Waals surface area contributed by atoms with Crippen molar-refractivity contribution in [1.82, 2.24) is 4.98 Å². The van der Waals surface area contributed by atoms with E-state index in [0.717, 1.165) is 17.2 Å². The summed E-state index contributed by atoms with van der Waals surface area (Å²) in [6.45, 7) is 7.18. The minimum absolute atomic E-state index is 0.933. The van der Waals surface area contributed by atoms with Crippen LogP contribution in [0, 0.1) is 20.8 Å². The van der Waals surface area contributed by atoms with Crippen LogP contribution in [0.15, 0.2) is 24.3 Å². The lowest BCUT2D eigenvalue weighted by Gasteiger charge is -2.17. The fraction of sp³-hybridized carbons (Fsp3) is 0.357. The molecular formula is C14H18N2S. The summed E-state index contributed by atoms with van der Waals surface area (Å²) in [5.41, 5.74) is 3.77. The molecule has 1 aromatic carbocycles. The van der Waals surface area contributed by atoms with E-state index in [2.05, 4.69) is 62.0 Å². The normalized spacial score (nSPS) is 10.6. The molecule has 0 N–H and O–H groups in total. The smallest absolute Gasteiger partial charge is 0.114 e. The molecular weight excluding hydrogens is 228 g/mol. The number of nitrogens with zero attached hydrogens (tertiary/aromatic N) is 2. The van der Waals surface area contributed by atoms with Crippen LogP contribution in [-0.4, -0.2) is 12.0 Å². The highest BCUT2D eigenvalue weighted by molar-refractivity contribution is 7.15. The first-order valence-corrected chi connectivity index (χ1v) is 6.58. The fourth-order valence-corrected chi connectivity index (χ4v) is 2.79. The van der Waals surface area contributed by atoms with E-state index in [1.54, 1.807) is 11.3 Å². The maximum Gasteiger partial charge on any atom is 0.114 e. The molecule has 90 valence electrons. The topological polar surface area (TPSA) is 16.1 Å². The van der Waals surface area contributed by atoms with Crippen molar-refractivity contribution in [3.8, 4) is 0 Å². The second kappa shape index (κ2) is 4.88. The van der Waals surface area contributed by atoms with Crippen molar-refractivity contribution in [3.63, 3.8) is 0 Å². The van der Waals surface area contributed by atoms with Crippen molar-refractivity contribution >= 4 is 16.3 Å². The highest BCUT2D eigenvalue weighted by Crippen LogP contribution is 2.27. The molecule has 0 atom stereocenters. The van der Waals surface area contributed by atoms with E-state index >= 15 is 0 Å². The van der Waals surface area contributed by atoms with E-state index in [-0.39, 0.29) is 0 Å². The van der Waals surface area contributed by atoms with Gasteiger partial charge in [0.1, 0.15) is 5.00 Å². The largest absolute Gasteiger partial charge is 0.361 e. The standard InChI is InChI=1S/C14H18N2S/c1-10-5-7-13(8-6-10)9-16(4)14-11(2)15-12(3)17-14/h5-8H,9H2,1-4H3. The van der Waals surface area contributed by atoms with Gasteiger partial charge < -0.3 is 4.90 Å². The Morgan fingerprint density at radius 2 is 1.76 bits per heavy atom. The predicted molar refractivity (Wildman–Crippen MR) is 74.9 cm³/mol. The molecule has 2 rings (SSSR count). The lowest BCUT2D eigenvalue weighted by molar-refractivity contribution is 0.924. The van der Waals surface area contributed by atoms with Gasteiger partial charge in [-0.25, -0.2) is 4.98 Å². The number of anilines is 1. The molecule has 0 aliphatic rings. The van der Waals surface area contributed by atoms with E-state index in [1.807, 2.05) is 0 Å². The van der Waals surface area contributed by atoms with Gasteiger partial charge in [-0.2, -0.15) is 0 Å². The van der Waals surface area contributed by atoms with Crippen molar-refractivity contribution in [1.29, 1.82) is 0 Å². The number of thiazole rings is 1. The highest BCUT2D eigenvalue weighted by Gasteiger charge is 2.09. The zero-order chi connectivity index (χ0) is 12.4. The summed E-state index contributed by atoms with van der Waals surface area (Å²) in [6.07, 6.45) is 0. The van der Waals surface area contributed by atoms with Crippen LogP contribution in [0.1, 0.15) is 21.8 Å². The minimum Gasteiger partial charge on any atom is -0.361 e. The minimum atomic E-state index is 0.933. The molecule has 0 aliphatic heterocycles. The average molecular weight is 246 g/mol. The molecule has 0 fully saturated rings. The molecule has 0 saturated carbocycles. The summed E-state index contributed by atoms with van der Waals surface area (Å²) in [6, 6.07) is 8.70. The van der Waals surface area contributed by atoms with Crippen molar-refractivity contribution in [2.45, 2.75) is 27.3 Å². The van der Waals surface area contributed by atoms with Gasteiger partial charge in [0, 0.05) is 13.6 Å². The van der Waals surface area contributed by atoms with Crippen LogP contribution >= 0.6 is 11.3 Å². The lowest BCUT2D eigenvalue weighted by Crippen LogP contribution is -2.15. The summed E-state index contributed by atoms with van der Waals surface area (Å²) >= 11 is 1.76. The van der Waals surface area contributed by atoms with Gasteiger partial charge >= 0.3 is 0 Å².